The highest BCUT2D eigenvalue weighted by Crippen LogP contribution is 2.46. The van der Waals surface area contributed by atoms with Gasteiger partial charge in [0.1, 0.15) is 0 Å². The van der Waals surface area contributed by atoms with Crippen LogP contribution in [0.25, 0.3) is 51.8 Å². The second kappa shape index (κ2) is 16.1. The van der Waals surface area contributed by atoms with Crippen molar-refractivity contribution in [3.05, 3.63) is 90.5 Å². The van der Waals surface area contributed by atoms with Gasteiger partial charge in [-0.3, -0.25) is 0 Å². The summed E-state index contributed by atoms with van der Waals surface area (Å²) in [4.78, 5) is 0. The zero-order valence-electron chi connectivity index (χ0n) is 27.7. The van der Waals surface area contributed by atoms with Crippen molar-refractivity contribution in [2.75, 3.05) is 11.9 Å². The van der Waals surface area contributed by atoms with Gasteiger partial charge in [-0.1, -0.05) is 139 Å². The van der Waals surface area contributed by atoms with Crippen LogP contribution in [0.3, 0.4) is 0 Å². The van der Waals surface area contributed by atoms with E-state index in [1.165, 1.54) is 134 Å². The molecule has 0 fully saturated rings. The van der Waals surface area contributed by atoms with Gasteiger partial charge in [-0.2, -0.15) is 0 Å². The topological polar surface area (TPSA) is 38.0 Å². The molecule has 46 heavy (non-hydrogen) atoms. The molecule has 0 radical (unpaired) electrons. The molecule has 4 heteroatoms. The van der Waals surface area contributed by atoms with E-state index in [-0.39, 0.29) is 6.04 Å². The Morgan fingerprint density at radius 1 is 0.543 bits per heavy atom. The summed E-state index contributed by atoms with van der Waals surface area (Å²) in [5, 5.41) is 6.35. The number of nitrogens with two attached hydrogens (primary N) is 1. The molecule has 6 aromatic rings. The summed E-state index contributed by atoms with van der Waals surface area (Å²) in [5.41, 5.74) is 14.1. The number of benzene rings is 4. The third kappa shape index (κ3) is 7.85. The molecule has 0 aliphatic heterocycles. The number of unbranched alkanes of at least 4 members (excludes halogenated alkanes) is 9. The van der Waals surface area contributed by atoms with Crippen LogP contribution in [-0.4, -0.2) is 6.54 Å². The Kier molecular flexibility index (Phi) is 11.5. The molecule has 0 saturated carbocycles. The Balaban J connectivity index is 1.11. The lowest BCUT2D eigenvalue weighted by Gasteiger charge is -2.13. The van der Waals surface area contributed by atoms with Crippen molar-refractivity contribution in [1.82, 2.24) is 0 Å². The Labute approximate surface area is 284 Å². The van der Waals surface area contributed by atoms with Gasteiger partial charge in [0.15, 0.2) is 0 Å². The van der Waals surface area contributed by atoms with Gasteiger partial charge < -0.3 is 11.1 Å². The quantitative estimate of drug-likeness (QED) is 0.0968. The van der Waals surface area contributed by atoms with Gasteiger partial charge in [0, 0.05) is 38.4 Å². The number of rotatable bonds is 17. The molecule has 0 aliphatic carbocycles. The minimum atomic E-state index is 0.132. The number of anilines is 1. The molecule has 240 valence electrons. The molecule has 1 atom stereocenters. The molecule has 2 aromatic heterocycles. The van der Waals surface area contributed by atoms with E-state index in [1.807, 2.05) is 22.7 Å². The van der Waals surface area contributed by atoms with Crippen molar-refractivity contribution in [2.45, 2.75) is 96.9 Å². The van der Waals surface area contributed by atoms with Crippen LogP contribution in [0, 0.1) is 0 Å². The van der Waals surface area contributed by atoms with Crippen molar-refractivity contribution in [1.29, 1.82) is 0 Å². The summed E-state index contributed by atoms with van der Waals surface area (Å²) in [5.74, 6) is 0. The lowest BCUT2D eigenvalue weighted by atomic mass is 9.97. The van der Waals surface area contributed by atoms with E-state index in [0.29, 0.717) is 0 Å². The SMILES string of the molecule is CCCCCCCCNc1ccc(-c2ccc3c(c2)sc2c4ccc(-c5ccc(C(N)CCCCCCC)cc5)cc4sc32)cc1. The predicted molar refractivity (Wildman–Crippen MR) is 208 cm³/mol. The van der Waals surface area contributed by atoms with Gasteiger partial charge in [-0.25, -0.2) is 0 Å². The van der Waals surface area contributed by atoms with Crippen LogP contribution in [0.4, 0.5) is 5.69 Å². The number of nitrogens with one attached hydrogen (secondary N) is 1. The molecule has 3 N–H and O–H groups in total. The highest BCUT2D eigenvalue weighted by molar-refractivity contribution is 7.36. The average molecular weight is 647 g/mol. The first-order chi connectivity index (χ1) is 22.6. The standard InChI is InChI=1S/C42H50N2S2/c1-3-5-7-9-11-13-27-44-35-23-19-31(20-24-35)34-22-26-37-40(29-34)46-41-36-25-21-33(28-39(36)45-42(37)41)30-15-17-32(18-16-30)38(43)14-12-10-8-6-4-2/h15-26,28-29,38,44H,3-14,27,43H2,1-2H3. The van der Waals surface area contributed by atoms with E-state index in [2.05, 4.69) is 104 Å². The molecule has 0 spiro atoms. The molecular formula is C42H50N2S2. The molecule has 6 rings (SSSR count). The molecule has 1 unspecified atom stereocenters. The molecule has 0 bridgehead atoms. The van der Waals surface area contributed by atoms with Gasteiger partial charge in [0.05, 0.1) is 9.40 Å². The molecule has 0 amide bonds. The fraction of sp³-hybridized carbons (Fsp3) is 0.381. The first-order valence-electron chi connectivity index (χ1n) is 17.7. The number of fused-ring (bicyclic) bond motifs is 5. The van der Waals surface area contributed by atoms with Crippen LogP contribution >= 0.6 is 22.7 Å². The fourth-order valence-corrected chi connectivity index (χ4v) is 9.32. The largest absolute Gasteiger partial charge is 0.385 e. The van der Waals surface area contributed by atoms with Gasteiger partial charge in [-0.15, -0.1) is 22.7 Å². The van der Waals surface area contributed by atoms with Crippen molar-refractivity contribution in [2.24, 2.45) is 5.73 Å². The Hall–Kier alpha value is -3.18. The van der Waals surface area contributed by atoms with E-state index < -0.39 is 0 Å². The van der Waals surface area contributed by atoms with Crippen molar-refractivity contribution < 1.29 is 0 Å². The van der Waals surface area contributed by atoms with Crippen LogP contribution in [0.2, 0.25) is 0 Å². The molecule has 4 aromatic carbocycles. The normalized spacial score (nSPS) is 12.4. The number of thiophene rings is 2. The average Bonchev–Trinajstić information content (AvgIpc) is 3.63. The van der Waals surface area contributed by atoms with E-state index in [4.69, 9.17) is 5.73 Å². The highest BCUT2D eigenvalue weighted by atomic mass is 32.1. The predicted octanol–water partition coefficient (Wildman–Crippen LogP) is 13.7. The highest BCUT2D eigenvalue weighted by Gasteiger charge is 2.14. The summed E-state index contributed by atoms with van der Waals surface area (Å²) < 4.78 is 5.55. The summed E-state index contributed by atoms with van der Waals surface area (Å²) in [6.07, 6.45) is 15.5. The van der Waals surface area contributed by atoms with Crippen LogP contribution in [0.5, 0.6) is 0 Å². The van der Waals surface area contributed by atoms with Crippen molar-refractivity contribution >= 4 is 57.9 Å². The summed E-state index contributed by atoms with van der Waals surface area (Å²) in [6, 6.07) is 32.0. The van der Waals surface area contributed by atoms with E-state index in [1.54, 1.807) is 0 Å². The van der Waals surface area contributed by atoms with Gasteiger partial charge in [0.2, 0.25) is 0 Å². The van der Waals surface area contributed by atoms with Gasteiger partial charge in [0.25, 0.3) is 0 Å². The van der Waals surface area contributed by atoms with Gasteiger partial charge >= 0.3 is 0 Å². The van der Waals surface area contributed by atoms with Crippen LogP contribution in [-0.2, 0) is 0 Å². The zero-order chi connectivity index (χ0) is 31.7. The smallest absolute Gasteiger partial charge is 0.0542 e. The van der Waals surface area contributed by atoms with Crippen LogP contribution in [0.15, 0.2) is 84.9 Å². The molecule has 2 heterocycles. The lowest BCUT2D eigenvalue weighted by molar-refractivity contribution is 0.555. The Morgan fingerprint density at radius 2 is 1.02 bits per heavy atom. The van der Waals surface area contributed by atoms with Crippen LogP contribution in [0.1, 0.15) is 103 Å². The Morgan fingerprint density at radius 3 is 1.59 bits per heavy atom. The van der Waals surface area contributed by atoms with Crippen molar-refractivity contribution in [3.8, 4) is 22.3 Å². The fourth-order valence-electron chi connectivity index (χ4n) is 6.59. The third-order valence-electron chi connectivity index (χ3n) is 9.45. The summed E-state index contributed by atoms with van der Waals surface area (Å²) in [6.45, 7) is 5.59. The van der Waals surface area contributed by atoms with E-state index >= 15 is 0 Å². The maximum atomic E-state index is 6.53. The molecular weight excluding hydrogens is 597 g/mol. The van der Waals surface area contributed by atoms with Crippen LogP contribution < -0.4 is 11.1 Å². The zero-order valence-corrected chi connectivity index (χ0v) is 29.4. The second-order valence-electron chi connectivity index (χ2n) is 13.0. The number of hydrogen-bond donors (Lipinski definition) is 2. The van der Waals surface area contributed by atoms with E-state index in [0.717, 1.165) is 13.0 Å². The lowest BCUT2D eigenvalue weighted by Crippen LogP contribution is -2.09. The maximum absolute atomic E-state index is 6.53. The monoisotopic (exact) mass is 646 g/mol. The minimum absolute atomic E-state index is 0.132. The van der Waals surface area contributed by atoms with E-state index in [9.17, 15) is 0 Å². The molecule has 0 saturated heterocycles. The second-order valence-corrected chi connectivity index (χ2v) is 15.1. The Bertz CT molecular complexity index is 1830. The minimum Gasteiger partial charge on any atom is -0.385 e. The molecule has 0 aliphatic rings. The first-order valence-corrected chi connectivity index (χ1v) is 19.4. The number of hydrogen-bond acceptors (Lipinski definition) is 4. The third-order valence-corrected chi connectivity index (χ3v) is 12.0. The molecule has 2 nitrogen and oxygen atoms in total. The summed E-state index contributed by atoms with van der Waals surface area (Å²) in [7, 11) is 0. The van der Waals surface area contributed by atoms with Gasteiger partial charge in [-0.05, 0) is 64.9 Å². The maximum Gasteiger partial charge on any atom is 0.0542 e. The summed E-state index contributed by atoms with van der Waals surface area (Å²) >= 11 is 3.86. The van der Waals surface area contributed by atoms with Crippen molar-refractivity contribution in [3.63, 3.8) is 0 Å². The first kappa shape index (κ1) is 32.7.